The number of aromatic nitrogens is 1. The third-order valence-electron chi connectivity index (χ3n) is 5.99. The highest BCUT2D eigenvalue weighted by molar-refractivity contribution is 7.14. The van der Waals surface area contributed by atoms with Gasteiger partial charge < -0.3 is 4.74 Å². The summed E-state index contributed by atoms with van der Waals surface area (Å²) in [6, 6.07) is 24.6. The molecule has 0 unspecified atom stereocenters. The van der Waals surface area contributed by atoms with Gasteiger partial charge in [0.25, 0.3) is 5.91 Å². The van der Waals surface area contributed by atoms with Gasteiger partial charge in [0.1, 0.15) is 5.75 Å². The number of carbonyl (C=O) groups excluding carboxylic acids is 1. The molecule has 3 aromatic carbocycles. The second-order valence-corrected chi connectivity index (χ2v) is 9.55. The topological polar surface area (TPSA) is 51.2 Å². The van der Waals surface area contributed by atoms with E-state index in [0.29, 0.717) is 10.9 Å². The highest BCUT2D eigenvalue weighted by Gasteiger charge is 2.22. The van der Waals surface area contributed by atoms with E-state index in [4.69, 9.17) is 4.74 Å². The molecule has 0 radical (unpaired) electrons. The number of aryl methyl sites for hydroxylation is 2. The first-order chi connectivity index (χ1) is 15.8. The Bertz CT molecular complexity index is 1240. The van der Waals surface area contributed by atoms with Gasteiger partial charge in [-0.3, -0.25) is 10.1 Å². The fraction of sp³-hybridized carbons (Fsp3) is 0.214. The Hall–Kier alpha value is -3.44. The van der Waals surface area contributed by atoms with Crippen LogP contribution in [0.4, 0.5) is 5.13 Å². The molecular formula is C28H28N2O2S. The Kier molecular flexibility index (Phi) is 6.61. The second-order valence-electron chi connectivity index (χ2n) is 8.69. The summed E-state index contributed by atoms with van der Waals surface area (Å²) < 4.78 is 5.70. The lowest BCUT2D eigenvalue weighted by Gasteiger charge is -2.26. The number of thiazole rings is 1. The van der Waals surface area contributed by atoms with Gasteiger partial charge in [0.15, 0.2) is 11.7 Å². The molecule has 0 aliphatic carbocycles. The summed E-state index contributed by atoms with van der Waals surface area (Å²) in [5, 5.41) is 5.35. The first-order valence-corrected chi connectivity index (χ1v) is 11.8. The predicted molar refractivity (Wildman–Crippen MR) is 136 cm³/mol. The minimum atomic E-state index is -0.232. The quantitative estimate of drug-likeness (QED) is 0.334. The van der Waals surface area contributed by atoms with Crippen LogP contribution in [0.15, 0.2) is 78.2 Å². The summed E-state index contributed by atoms with van der Waals surface area (Å²) in [5.41, 5.74) is 6.69. The van der Waals surface area contributed by atoms with Gasteiger partial charge >= 0.3 is 0 Å². The number of nitrogens with one attached hydrogen (secondary N) is 1. The molecule has 0 saturated heterocycles. The maximum atomic E-state index is 12.4. The van der Waals surface area contributed by atoms with Crippen molar-refractivity contribution in [3.63, 3.8) is 0 Å². The molecule has 1 N–H and O–H groups in total. The van der Waals surface area contributed by atoms with Crippen LogP contribution in [0.1, 0.15) is 36.1 Å². The summed E-state index contributed by atoms with van der Waals surface area (Å²) in [5.74, 6) is 0.428. The number of anilines is 1. The molecule has 0 saturated carbocycles. The van der Waals surface area contributed by atoms with Gasteiger partial charge in [-0.25, -0.2) is 4.98 Å². The van der Waals surface area contributed by atoms with E-state index in [1.165, 1.54) is 33.6 Å². The first kappa shape index (κ1) is 22.7. The zero-order valence-corrected chi connectivity index (χ0v) is 20.2. The lowest BCUT2D eigenvalue weighted by atomic mass is 9.78. The van der Waals surface area contributed by atoms with Crippen molar-refractivity contribution in [3.05, 3.63) is 100 Å². The smallest absolute Gasteiger partial charge is 0.264 e. The zero-order valence-electron chi connectivity index (χ0n) is 19.4. The number of carbonyl (C=O) groups is 1. The maximum Gasteiger partial charge on any atom is 0.264 e. The number of benzene rings is 3. The highest BCUT2D eigenvalue weighted by Crippen LogP contribution is 2.32. The molecule has 1 amide bonds. The third-order valence-corrected chi connectivity index (χ3v) is 6.75. The molecule has 1 heterocycles. The SMILES string of the molecule is Cc1ccc(-c2csc(NC(=O)COc3ccc(C(C)(C)c4ccccc4)cc3)n2)cc1C. The Balaban J connectivity index is 1.34. The lowest BCUT2D eigenvalue weighted by molar-refractivity contribution is -0.118. The van der Waals surface area contributed by atoms with Crippen molar-refractivity contribution in [2.75, 3.05) is 11.9 Å². The maximum absolute atomic E-state index is 12.4. The molecule has 0 atom stereocenters. The molecule has 0 fully saturated rings. The summed E-state index contributed by atoms with van der Waals surface area (Å²) in [4.78, 5) is 16.9. The molecule has 4 aromatic rings. The number of hydrogen-bond acceptors (Lipinski definition) is 4. The van der Waals surface area contributed by atoms with E-state index in [1.807, 2.05) is 23.6 Å². The fourth-order valence-corrected chi connectivity index (χ4v) is 4.39. The minimum absolute atomic E-state index is 0.0695. The zero-order chi connectivity index (χ0) is 23.4. The summed E-state index contributed by atoms with van der Waals surface area (Å²) in [7, 11) is 0. The molecular weight excluding hydrogens is 428 g/mol. The van der Waals surface area contributed by atoms with Gasteiger partial charge in [0, 0.05) is 16.4 Å². The lowest BCUT2D eigenvalue weighted by Crippen LogP contribution is -2.20. The van der Waals surface area contributed by atoms with Crippen LogP contribution in [0.2, 0.25) is 0 Å². The first-order valence-electron chi connectivity index (χ1n) is 10.9. The standard InChI is InChI=1S/C28H28N2O2S/c1-19-10-11-21(16-20(19)2)25-18-33-27(29-25)30-26(31)17-32-24-14-12-23(13-15-24)28(3,4)22-8-6-5-7-9-22/h5-16,18H,17H2,1-4H3,(H,29,30,31). The van der Waals surface area contributed by atoms with Gasteiger partial charge in [-0.2, -0.15) is 0 Å². The van der Waals surface area contributed by atoms with Crippen molar-refractivity contribution in [1.82, 2.24) is 4.98 Å². The summed E-state index contributed by atoms with van der Waals surface area (Å²) >= 11 is 1.41. The molecule has 4 rings (SSSR count). The molecule has 0 bridgehead atoms. The van der Waals surface area contributed by atoms with Crippen LogP contribution >= 0.6 is 11.3 Å². The van der Waals surface area contributed by atoms with E-state index in [2.05, 4.69) is 92.6 Å². The van der Waals surface area contributed by atoms with Gasteiger partial charge in [-0.1, -0.05) is 68.4 Å². The predicted octanol–water partition coefficient (Wildman–Crippen LogP) is 6.77. The Labute approximate surface area is 199 Å². The van der Waals surface area contributed by atoms with E-state index >= 15 is 0 Å². The molecule has 1 aromatic heterocycles. The molecule has 4 nitrogen and oxygen atoms in total. The molecule has 33 heavy (non-hydrogen) atoms. The van der Waals surface area contributed by atoms with E-state index in [0.717, 1.165) is 11.3 Å². The minimum Gasteiger partial charge on any atom is -0.484 e. The molecule has 0 aliphatic rings. The molecule has 0 aliphatic heterocycles. The van der Waals surface area contributed by atoms with Crippen LogP contribution in [0.3, 0.4) is 0 Å². The number of nitrogens with zero attached hydrogens (tertiary/aromatic N) is 1. The largest absolute Gasteiger partial charge is 0.484 e. The monoisotopic (exact) mass is 456 g/mol. The Morgan fingerprint density at radius 3 is 2.33 bits per heavy atom. The third kappa shape index (κ3) is 5.32. The van der Waals surface area contributed by atoms with Crippen LogP contribution in [0.25, 0.3) is 11.3 Å². The van der Waals surface area contributed by atoms with E-state index in [-0.39, 0.29) is 17.9 Å². The number of rotatable bonds is 7. The number of hydrogen-bond donors (Lipinski definition) is 1. The average Bonchev–Trinajstić information content (AvgIpc) is 3.29. The van der Waals surface area contributed by atoms with E-state index in [9.17, 15) is 4.79 Å². The Morgan fingerprint density at radius 1 is 0.939 bits per heavy atom. The van der Waals surface area contributed by atoms with Crippen molar-refractivity contribution >= 4 is 22.4 Å². The van der Waals surface area contributed by atoms with Crippen molar-refractivity contribution in [1.29, 1.82) is 0 Å². The van der Waals surface area contributed by atoms with E-state index in [1.54, 1.807) is 0 Å². The molecule has 5 heteroatoms. The number of amides is 1. The van der Waals surface area contributed by atoms with Crippen LogP contribution in [0.5, 0.6) is 5.75 Å². The van der Waals surface area contributed by atoms with Crippen molar-refractivity contribution in [2.24, 2.45) is 0 Å². The fourth-order valence-electron chi connectivity index (χ4n) is 3.66. The van der Waals surface area contributed by atoms with Gasteiger partial charge in [-0.05, 0) is 54.3 Å². The van der Waals surface area contributed by atoms with Crippen LogP contribution in [-0.4, -0.2) is 17.5 Å². The normalized spacial score (nSPS) is 11.3. The number of ether oxygens (including phenoxy) is 1. The summed E-state index contributed by atoms with van der Waals surface area (Å²) in [6.45, 7) is 8.50. The highest BCUT2D eigenvalue weighted by atomic mass is 32.1. The second kappa shape index (κ2) is 9.59. The van der Waals surface area contributed by atoms with Crippen molar-refractivity contribution in [2.45, 2.75) is 33.1 Å². The van der Waals surface area contributed by atoms with Crippen molar-refractivity contribution < 1.29 is 9.53 Å². The van der Waals surface area contributed by atoms with Crippen LogP contribution < -0.4 is 10.1 Å². The van der Waals surface area contributed by atoms with Gasteiger partial charge in [-0.15, -0.1) is 11.3 Å². The van der Waals surface area contributed by atoms with Gasteiger partial charge in [0.2, 0.25) is 0 Å². The molecule has 168 valence electrons. The van der Waals surface area contributed by atoms with Crippen LogP contribution in [0, 0.1) is 13.8 Å². The van der Waals surface area contributed by atoms with E-state index < -0.39 is 0 Å². The summed E-state index contributed by atoms with van der Waals surface area (Å²) in [6.07, 6.45) is 0. The Morgan fingerprint density at radius 2 is 1.64 bits per heavy atom. The molecule has 0 spiro atoms. The van der Waals surface area contributed by atoms with Crippen molar-refractivity contribution in [3.8, 4) is 17.0 Å². The van der Waals surface area contributed by atoms with Crippen LogP contribution in [-0.2, 0) is 10.2 Å². The average molecular weight is 457 g/mol. The van der Waals surface area contributed by atoms with Gasteiger partial charge in [0.05, 0.1) is 5.69 Å².